The zero-order valence-electron chi connectivity index (χ0n) is 20.2. The van der Waals surface area contributed by atoms with Crippen molar-refractivity contribution in [3.63, 3.8) is 0 Å². The van der Waals surface area contributed by atoms with Crippen molar-refractivity contribution in [2.45, 2.75) is 19.4 Å². The van der Waals surface area contributed by atoms with Crippen molar-refractivity contribution in [3.8, 4) is 28.6 Å². The van der Waals surface area contributed by atoms with Gasteiger partial charge in [-0.3, -0.25) is 9.59 Å². The number of fused-ring (bicyclic) bond motifs is 1. The summed E-state index contributed by atoms with van der Waals surface area (Å²) < 4.78 is 22.5. The van der Waals surface area contributed by atoms with Gasteiger partial charge in [-0.05, 0) is 55.3 Å². The predicted molar refractivity (Wildman–Crippen MR) is 139 cm³/mol. The second-order valence-electron chi connectivity index (χ2n) is 8.06. The van der Waals surface area contributed by atoms with Crippen molar-refractivity contribution in [3.05, 3.63) is 87.5 Å². The molecule has 0 fully saturated rings. The quantitative estimate of drug-likeness (QED) is 0.332. The molecule has 8 heteroatoms. The van der Waals surface area contributed by atoms with Crippen LogP contribution >= 0.6 is 11.6 Å². The van der Waals surface area contributed by atoms with Crippen LogP contribution in [0.2, 0.25) is 5.02 Å². The van der Waals surface area contributed by atoms with Gasteiger partial charge in [0, 0.05) is 12.1 Å². The third-order valence-corrected chi connectivity index (χ3v) is 6.03. The molecule has 1 atom stereocenters. The highest BCUT2D eigenvalue weighted by Crippen LogP contribution is 2.35. The fourth-order valence-corrected chi connectivity index (χ4v) is 4.02. The van der Waals surface area contributed by atoms with E-state index in [-0.39, 0.29) is 22.8 Å². The Morgan fingerprint density at radius 2 is 1.72 bits per heavy atom. The lowest BCUT2D eigenvalue weighted by Gasteiger charge is -2.17. The first-order chi connectivity index (χ1) is 17.4. The molecule has 1 heterocycles. The van der Waals surface area contributed by atoms with E-state index in [1.54, 1.807) is 69.7 Å². The zero-order valence-corrected chi connectivity index (χ0v) is 20.9. The van der Waals surface area contributed by atoms with Gasteiger partial charge in [-0.15, -0.1) is 0 Å². The first kappa shape index (κ1) is 25.1. The molecule has 7 nitrogen and oxygen atoms in total. The van der Waals surface area contributed by atoms with Gasteiger partial charge in [0.2, 0.25) is 11.2 Å². The van der Waals surface area contributed by atoms with E-state index in [1.807, 2.05) is 18.2 Å². The molecule has 0 aliphatic heterocycles. The summed E-state index contributed by atoms with van der Waals surface area (Å²) in [6.45, 7) is 1.95. The van der Waals surface area contributed by atoms with Crippen LogP contribution in [0.3, 0.4) is 0 Å². The smallest absolute Gasteiger partial charge is 0.260 e. The number of carbonyl (C=O) groups is 1. The number of ether oxygens (including phenoxy) is 3. The molecule has 1 N–H and O–H groups in total. The Bertz CT molecular complexity index is 1450. The van der Waals surface area contributed by atoms with Crippen LogP contribution in [0.15, 0.2) is 75.9 Å². The van der Waals surface area contributed by atoms with Gasteiger partial charge >= 0.3 is 0 Å². The summed E-state index contributed by atoms with van der Waals surface area (Å²) in [5.74, 6) is 0.996. The van der Waals surface area contributed by atoms with Crippen LogP contribution in [-0.4, -0.2) is 32.8 Å². The number of methoxy groups -OCH3 is 2. The molecule has 0 radical (unpaired) electrons. The summed E-state index contributed by atoms with van der Waals surface area (Å²) in [5, 5.41) is 3.60. The minimum atomic E-state index is -0.958. The molecular formula is C28H26ClNO6. The second kappa shape index (κ2) is 11.2. The number of nitrogens with one attached hydrogen (secondary N) is 1. The van der Waals surface area contributed by atoms with Gasteiger partial charge < -0.3 is 23.9 Å². The molecular weight excluding hydrogens is 482 g/mol. The third kappa shape index (κ3) is 5.31. The Morgan fingerprint density at radius 3 is 2.47 bits per heavy atom. The van der Waals surface area contributed by atoms with Gasteiger partial charge in [-0.25, -0.2) is 0 Å². The van der Waals surface area contributed by atoms with Gasteiger partial charge in [0.25, 0.3) is 5.91 Å². The monoisotopic (exact) mass is 507 g/mol. The van der Waals surface area contributed by atoms with E-state index in [9.17, 15) is 9.59 Å². The normalized spacial score (nSPS) is 11.7. The number of rotatable bonds is 9. The lowest BCUT2D eigenvalue weighted by Crippen LogP contribution is -2.38. The molecule has 1 amide bonds. The minimum Gasteiger partial charge on any atom is -0.493 e. The first-order valence-electron chi connectivity index (χ1n) is 11.4. The van der Waals surface area contributed by atoms with E-state index in [0.717, 1.165) is 5.56 Å². The summed E-state index contributed by atoms with van der Waals surface area (Å²) in [4.78, 5) is 26.1. The van der Waals surface area contributed by atoms with E-state index >= 15 is 0 Å². The average Bonchev–Trinajstić information content (AvgIpc) is 2.90. The Hall–Kier alpha value is -3.97. The number of hydrogen-bond donors (Lipinski definition) is 1. The molecule has 0 spiro atoms. The summed E-state index contributed by atoms with van der Waals surface area (Å²) >= 11 is 6.39. The van der Waals surface area contributed by atoms with Gasteiger partial charge in [-0.2, -0.15) is 0 Å². The van der Waals surface area contributed by atoms with Crippen LogP contribution in [0, 0.1) is 0 Å². The number of hydrogen-bond acceptors (Lipinski definition) is 6. The van der Waals surface area contributed by atoms with E-state index < -0.39 is 6.10 Å². The van der Waals surface area contributed by atoms with Crippen LogP contribution in [0.25, 0.3) is 22.3 Å². The molecule has 0 aliphatic carbocycles. The highest BCUT2D eigenvalue weighted by Gasteiger charge is 2.24. The van der Waals surface area contributed by atoms with Crippen molar-refractivity contribution >= 4 is 28.5 Å². The van der Waals surface area contributed by atoms with Crippen molar-refractivity contribution in [1.82, 2.24) is 5.32 Å². The SMILES string of the molecule is COc1ccc(CCNC(=O)C(C)Oc2c(-c3ccccc3Cl)oc3ccccc3c2=O)cc1OC. The van der Waals surface area contributed by atoms with E-state index in [2.05, 4.69) is 5.32 Å². The van der Waals surface area contributed by atoms with E-state index in [4.69, 9.17) is 30.2 Å². The summed E-state index contributed by atoms with van der Waals surface area (Å²) in [7, 11) is 3.15. The fraction of sp³-hybridized carbons (Fsp3) is 0.214. The third-order valence-electron chi connectivity index (χ3n) is 5.70. The van der Waals surface area contributed by atoms with Gasteiger partial charge in [-0.1, -0.05) is 41.9 Å². The van der Waals surface area contributed by atoms with Gasteiger partial charge in [0.05, 0.1) is 24.6 Å². The molecule has 0 saturated carbocycles. The lowest BCUT2D eigenvalue weighted by molar-refractivity contribution is -0.127. The maximum absolute atomic E-state index is 13.3. The highest BCUT2D eigenvalue weighted by molar-refractivity contribution is 6.33. The number of benzene rings is 3. The topological polar surface area (TPSA) is 87.0 Å². The Balaban J connectivity index is 1.53. The number of amides is 1. The fourth-order valence-electron chi connectivity index (χ4n) is 3.79. The molecule has 3 aromatic carbocycles. The molecule has 1 aromatic heterocycles. The minimum absolute atomic E-state index is 0.0654. The Morgan fingerprint density at radius 1 is 1.00 bits per heavy atom. The van der Waals surface area contributed by atoms with Crippen molar-refractivity contribution < 1.29 is 23.4 Å². The van der Waals surface area contributed by atoms with Crippen molar-refractivity contribution in [1.29, 1.82) is 0 Å². The largest absolute Gasteiger partial charge is 0.493 e. The van der Waals surface area contributed by atoms with Gasteiger partial charge in [0.1, 0.15) is 5.58 Å². The van der Waals surface area contributed by atoms with Crippen LogP contribution in [-0.2, 0) is 11.2 Å². The van der Waals surface area contributed by atoms with E-state index in [0.29, 0.717) is 46.0 Å². The molecule has 0 saturated heterocycles. The molecule has 4 rings (SSSR count). The second-order valence-corrected chi connectivity index (χ2v) is 8.46. The molecule has 0 aliphatic rings. The maximum atomic E-state index is 13.3. The maximum Gasteiger partial charge on any atom is 0.260 e. The lowest BCUT2D eigenvalue weighted by atomic mass is 10.1. The highest BCUT2D eigenvalue weighted by atomic mass is 35.5. The number of para-hydroxylation sites is 1. The first-order valence-corrected chi connectivity index (χ1v) is 11.8. The number of carbonyl (C=O) groups excluding carboxylic acids is 1. The molecule has 36 heavy (non-hydrogen) atoms. The summed E-state index contributed by atoms with van der Waals surface area (Å²) in [5.41, 5.74) is 1.49. The van der Waals surface area contributed by atoms with Gasteiger partial charge in [0.15, 0.2) is 23.4 Å². The zero-order chi connectivity index (χ0) is 25.7. The Labute approximate surface area is 213 Å². The van der Waals surface area contributed by atoms with E-state index in [1.165, 1.54) is 0 Å². The summed E-state index contributed by atoms with van der Waals surface area (Å²) in [6.07, 6.45) is -0.386. The standard InChI is InChI=1S/C28H26ClNO6/c1-17(28(32)30-15-14-18-12-13-23(33-2)24(16-18)34-3)35-27-25(31)20-9-5-7-11-22(20)36-26(27)19-8-4-6-10-21(19)29/h4-13,16-17H,14-15H2,1-3H3,(H,30,32). The van der Waals surface area contributed by atoms with Crippen LogP contribution in [0.4, 0.5) is 0 Å². The van der Waals surface area contributed by atoms with Crippen molar-refractivity contribution in [2.75, 3.05) is 20.8 Å². The number of halogens is 1. The van der Waals surface area contributed by atoms with Crippen molar-refractivity contribution in [2.24, 2.45) is 0 Å². The molecule has 0 bridgehead atoms. The van der Waals surface area contributed by atoms with Crippen LogP contribution in [0.1, 0.15) is 12.5 Å². The molecule has 1 unspecified atom stereocenters. The molecule has 4 aromatic rings. The predicted octanol–water partition coefficient (Wildman–Crippen LogP) is 5.26. The Kier molecular flexibility index (Phi) is 7.80. The average molecular weight is 508 g/mol. The van der Waals surface area contributed by atoms with Crippen LogP contribution in [0.5, 0.6) is 17.2 Å². The summed E-state index contributed by atoms with van der Waals surface area (Å²) in [6, 6.07) is 19.4. The van der Waals surface area contributed by atoms with Crippen LogP contribution < -0.4 is 25.0 Å². The molecule has 186 valence electrons.